The Bertz CT molecular complexity index is 546. The van der Waals surface area contributed by atoms with Crippen LogP contribution in [-0.4, -0.2) is 34.8 Å². The third kappa shape index (κ3) is 3.16. The molecule has 1 fully saturated rings. The normalized spacial score (nSPS) is 27.4. The maximum Gasteiger partial charge on any atom is 0.315 e. The van der Waals surface area contributed by atoms with Gasteiger partial charge in [0.1, 0.15) is 5.82 Å². The largest absolute Gasteiger partial charge is 0.387 e. The number of nitrogens with one attached hydrogen (secondary N) is 2. The standard InChI is InChI=1S/C15H19FN2O2S/c16-12-3-1-2-11-10(12)4-5-13(11)18-14(19)17-8-15(20)6-7-21-9-15/h1-3,13,20H,4-9H2,(H2,17,18,19). The van der Waals surface area contributed by atoms with Gasteiger partial charge < -0.3 is 15.7 Å². The number of amides is 2. The molecule has 3 rings (SSSR count). The van der Waals surface area contributed by atoms with E-state index in [-0.39, 0.29) is 24.4 Å². The second-order valence-corrected chi connectivity index (χ2v) is 6.86. The minimum absolute atomic E-state index is 0.150. The van der Waals surface area contributed by atoms with E-state index in [0.717, 1.165) is 11.3 Å². The lowest BCUT2D eigenvalue weighted by atomic mass is 10.0. The molecule has 2 unspecified atom stereocenters. The Balaban J connectivity index is 1.56. The van der Waals surface area contributed by atoms with Crippen LogP contribution in [0, 0.1) is 5.82 Å². The molecule has 2 atom stereocenters. The van der Waals surface area contributed by atoms with E-state index < -0.39 is 5.60 Å². The number of rotatable bonds is 3. The summed E-state index contributed by atoms with van der Waals surface area (Å²) >= 11 is 1.69. The first-order valence-electron chi connectivity index (χ1n) is 7.19. The zero-order valence-corrected chi connectivity index (χ0v) is 12.5. The van der Waals surface area contributed by atoms with E-state index in [1.165, 1.54) is 6.07 Å². The summed E-state index contributed by atoms with van der Waals surface area (Å²) in [6.45, 7) is 0.258. The Morgan fingerprint density at radius 1 is 1.52 bits per heavy atom. The number of carbonyl (C=O) groups excluding carboxylic acids is 1. The molecule has 0 bridgehead atoms. The number of urea groups is 1. The molecule has 0 radical (unpaired) electrons. The third-order valence-electron chi connectivity index (χ3n) is 4.18. The van der Waals surface area contributed by atoms with Gasteiger partial charge in [-0.1, -0.05) is 12.1 Å². The molecule has 1 aromatic rings. The fourth-order valence-electron chi connectivity index (χ4n) is 2.95. The van der Waals surface area contributed by atoms with Crippen LogP contribution in [0.15, 0.2) is 18.2 Å². The van der Waals surface area contributed by atoms with Gasteiger partial charge in [-0.05, 0) is 42.2 Å². The van der Waals surface area contributed by atoms with Crippen LogP contribution in [0.1, 0.15) is 30.0 Å². The number of halogens is 1. The number of carbonyl (C=O) groups is 1. The lowest BCUT2D eigenvalue weighted by molar-refractivity contribution is 0.0698. The van der Waals surface area contributed by atoms with Gasteiger partial charge in [-0.15, -0.1) is 0 Å². The van der Waals surface area contributed by atoms with E-state index >= 15 is 0 Å². The summed E-state index contributed by atoms with van der Waals surface area (Å²) in [7, 11) is 0. The van der Waals surface area contributed by atoms with E-state index in [9.17, 15) is 14.3 Å². The smallest absolute Gasteiger partial charge is 0.315 e. The first kappa shape index (κ1) is 14.7. The summed E-state index contributed by atoms with van der Waals surface area (Å²) in [4.78, 5) is 12.0. The quantitative estimate of drug-likeness (QED) is 0.800. The molecule has 1 aromatic carbocycles. The molecule has 2 amide bonds. The predicted octanol–water partition coefficient (Wildman–Crippen LogP) is 1.98. The molecule has 1 aliphatic carbocycles. The highest BCUT2D eigenvalue weighted by molar-refractivity contribution is 7.99. The second-order valence-electron chi connectivity index (χ2n) is 5.75. The van der Waals surface area contributed by atoms with Gasteiger partial charge in [-0.25, -0.2) is 9.18 Å². The second kappa shape index (κ2) is 5.85. The fraction of sp³-hybridized carbons (Fsp3) is 0.533. The lowest BCUT2D eigenvalue weighted by Crippen LogP contribution is -2.47. The molecule has 2 aliphatic rings. The summed E-state index contributed by atoms with van der Waals surface area (Å²) in [5.41, 5.74) is 0.774. The average molecular weight is 310 g/mol. The predicted molar refractivity (Wildman–Crippen MR) is 80.9 cm³/mol. The Kier molecular flexibility index (Phi) is 4.08. The Hall–Kier alpha value is -1.27. The highest BCUT2D eigenvalue weighted by Gasteiger charge is 2.32. The van der Waals surface area contributed by atoms with E-state index in [1.54, 1.807) is 17.8 Å². The number of hydrogen-bond acceptors (Lipinski definition) is 3. The Morgan fingerprint density at radius 2 is 2.38 bits per heavy atom. The lowest BCUT2D eigenvalue weighted by Gasteiger charge is -2.22. The number of thioether (sulfide) groups is 1. The minimum atomic E-state index is -0.790. The molecule has 114 valence electrons. The maximum absolute atomic E-state index is 13.6. The molecule has 0 saturated carbocycles. The molecule has 4 nitrogen and oxygen atoms in total. The Morgan fingerprint density at radius 3 is 3.14 bits per heavy atom. The van der Waals surface area contributed by atoms with Crippen molar-refractivity contribution in [2.45, 2.75) is 30.9 Å². The highest BCUT2D eigenvalue weighted by atomic mass is 32.2. The van der Waals surface area contributed by atoms with E-state index in [1.807, 2.05) is 6.07 Å². The third-order valence-corrected chi connectivity index (χ3v) is 5.41. The number of aliphatic hydroxyl groups is 1. The summed E-state index contributed by atoms with van der Waals surface area (Å²) in [5.74, 6) is 1.38. The van der Waals surface area contributed by atoms with Crippen molar-refractivity contribution in [3.63, 3.8) is 0 Å². The van der Waals surface area contributed by atoms with Crippen LogP contribution in [0.5, 0.6) is 0 Å². The minimum Gasteiger partial charge on any atom is -0.387 e. The zero-order chi connectivity index (χ0) is 14.9. The maximum atomic E-state index is 13.6. The van der Waals surface area contributed by atoms with Gasteiger partial charge in [-0.2, -0.15) is 11.8 Å². The number of fused-ring (bicyclic) bond motifs is 1. The SMILES string of the molecule is O=C(NCC1(O)CCSC1)NC1CCc2c(F)cccc21. The van der Waals surface area contributed by atoms with Crippen molar-refractivity contribution < 1.29 is 14.3 Å². The monoisotopic (exact) mass is 310 g/mol. The van der Waals surface area contributed by atoms with Gasteiger partial charge >= 0.3 is 6.03 Å². The van der Waals surface area contributed by atoms with Crippen molar-refractivity contribution in [3.05, 3.63) is 35.1 Å². The van der Waals surface area contributed by atoms with Crippen molar-refractivity contribution >= 4 is 17.8 Å². The average Bonchev–Trinajstić information content (AvgIpc) is 3.06. The van der Waals surface area contributed by atoms with Crippen molar-refractivity contribution in [1.29, 1.82) is 0 Å². The molecule has 0 spiro atoms. The summed E-state index contributed by atoms with van der Waals surface area (Å²) in [6.07, 6.45) is 2.06. The fourth-order valence-corrected chi connectivity index (χ4v) is 4.24. The molecular weight excluding hydrogens is 291 g/mol. The number of benzene rings is 1. The van der Waals surface area contributed by atoms with Crippen LogP contribution in [0.2, 0.25) is 0 Å². The number of hydrogen-bond donors (Lipinski definition) is 3. The molecule has 6 heteroatoms. The van der Waals surface area contributed by atoms with Crippen molar-refractivity contribution in [3.8, 4) is 0 Å². The van der Waals surface area contributed by atoms with E-state index in [4.69, 9.17) is 0 Å². The summed E-state index contributed by atoms with van der Waals surface area (Å²) in [5, 5.41) is 15.8. The molecule has 1 saturated heterocycles. The van der Waals surface area contributed by atoms with Gasteiger partial charge in [0.05, 0.1) is 11.6 Å². The van der Waals surface area contributed by atoms with Crippen LogP contribution < -0.4 is 10.6 Å². The van der Waals surface area contributed by atoms with Crippen LogP contribution in [-0.2, 0) is 6.42 Å². The van der Waals surface area contributed by atoms with Crippen molar-refractivity contribution in [2.24, 2.45) is 0 Å². The first-order valence-corrected chi connectivity index (χ1v) is 8.35. The van der Waals surface area contributed by atoms with Gasteiger partial charge in [0.15, 0.2) is 0 Å². The van der Waals surface area contributed by atoms with Crippen LogP contribution in [0.3, 0.4) is 0 Å². The first-order chi connectivity index (χ1) is 10.1. The highest BCUT2D eigenvalue weighted by Crippen LogP contribution is 2.32. The zero-order valence-electron chi connectivity index (χ0n) is 11.7. The van der Waals surface area contributed by atoms with Crippen molar-refractivity contribution in [2.75, 3.05) is 18.1 Å². The summed E-state index contributed by atoms with van der Waals surface area (Å²) < 4.78 is 13.6. The molecule has 3 N–H and O–H groups in total. The van der Waals surface area contributed by atoms with E-state index in [0.29, 0.717) is 30.6 Å². The summed E-state index contributed by atoms with van der Waals surface area (Å²) in [6, 6.07) is 4.53. The van der Waals surface area contributed by atoms with Gasteiger partial charge in [0.2, 0.25) is 0 Å². The van der Waals surface area contributed by atoms with E-state index in [2.05, 4.69) is 10.6 Å². The van der Waals surface area contributed by atoms with Gasteiger partial charge in [0, 0.05) is 12.3 Å². The van der Waals surface area contributed by atoms with Crippen molar-refractivity contribution in [1.82, 2.24) is 10.6 Å². The van der Waals surface area contributed by atoms with Crippen LogP contribution in [0.25, 0.3) is 0 Å². The van der Waals surface area contributed by atoms with Crippen LogP contribution >= 0.6 is 11.8 Å². The molecule has 0 aromatic heterocycles. The molecule has 21 heavy (non-hydrogen) atoms. The van der Waals surface area contributed by atoms with Crippen LogP contribution in [0.4, 0.5) is 9.18 Å². The molecular formula is C15H19FN2O2S. The van der Waals surface area contributed by atoms with Gasteiger partial charge in [-0.3, -0.25) is 0 Å². The van der Waals surface area contributed by atoms with Gasteiger partial charge in [0.25, 0.3) is 0 Å². The Labute approximate surface area is 127 Å². The topological polar surface area (TPSA) is 61.4 Å². The molecule has 1 aliphatic heterocycles. The molecule has 1 heterocycles.